The largest absolute Gasteiger partial charge is 0.380 e. The highest BCUT2D eigenvalue weighted by atomic mass is 32.1. The first-order chi connectivity index (χ1) is 10.1. The van der Waals surface area contributed by atoms with E-state index in [2.05, 4.69) is 10.3 Å². The van der Waals surface area contributed by atoms with Crippen molar-refractivity contribution in [1.29, 1.82) is 0 Å². The van der Waals surface area contributed by atoms with E-state index in [-0.39, 0.29) is 12.4 Å². The molecule has 0 unspecified atom stereocenters. The van der Waals surface area contributed by atoms with Gasteiger partial charge in [-0.25, -0.2) is 9.18 Å². The molecule has 1 amide bonds. The van der Waals surface area contributed by atoms with Crippen LogP contribution in [0.1, 0.15) is 16.6 Å². The molecule has 6 nitrogen and oxygen atoms in total. The molecular weight excluding hydrogens is 297 g/mol. The van der Waals surface area contributed by atoms with E-state index in [4.69, 9.17) is 4.74 Å². The standard InChI is InChI=1S/C13H14FN3O3S/c1-2-20-6-5-17-8-9(14)11(16-13(17)19)15-12(18)10-4-3-7-21-10/h3-4,7-8H,2,5-6H2,1H3,(H,15,16,18,19). The lowest BCUT2D eigenvalue weighted by molar-refractivity contribution is 0.102. The number of nitrogens with zero attached hydrogens (tertiary/aromatic N) is 2. The van der Waals surface area contributed by atoms with E-state index in [0.29, 0.717) is 18.1 Å². The number of hydrogen-bond acceptors (Lipinski definition) is 5. The van der Waals surface area contributed by atoms with Crippen molar-refractivity contribution in [3.63, 3.8) is 0 Å². The molecule has 1 N–H and O–H groups in total. The maximum absolute atomic E-state index is 13.9. The summed E-state index contributed by atoms with van der Waals surface area (Å²) in [5.41, 5.74) is -0.641. The van der Waals surface area contributed by atoms with Crippen LogP contribution < -0.4 is 11.0 Å². The van der Waals surface area contributed by atoms with Gasteiger partial charge in [0.15, 0.2) is 11.6 Å². The van der Waals surface area contributed by atoms with Crippen LogP contribution in [0.3, 0.4) is 0 Å². The van der Waals surface area contributed by atoms with Crippen molar-refractivity contribution in [2.45, 2.75) is 13.5 Å². The smallest absolute Gasteiger partial charge is 0.349 e. The van der Waals surface area contributed by atoms with E-state index in [0.717, 1.165) is 10.8 Å². The fourth-order valence-corrected chi connectivity index (χ4v) is 2.22. The maximum Gasteiger partial charge on any atom is 0.349 e. The van der Waals surface area contributed by atoms with Gasteiger partial charge >= 0.3 is 5.69 Å². The molecule has 0 saturated carbocycles. The third-order valence-corrected chi connectivity index (χ3v) is 3.47. The summed E-state index contributed by atoms with van der Waals surface area (Å²) in [4.78, 5) is 27.5. The molecule has 2 aromatic heterocycles. The Bertz CT molecular complexity index is 670. The van der Waals surface area contributed by atoms with E-state index in [1.165, 1.54) is 11.3 Å². The van der Waals surface area contributed by atoms with Gasteiger partial charge in [-0.05, 0) is 18.4 Å². The number of carbonyl (C=O) groups excluding carboxylic acids is 1. The third-order valence-electron chi connectivity index (χ3n) is 2.61. The number of anilines is 1. The van der Waals surface area contributed by atoms with Crippen LogP contribution in [-0.4, -0.2) is 28.7 Å². The Balaban J connectivity index is 2.13. The molecule has 0 radical (unpaired) electrons. The molecule has 0 aliphatic carbocycles. The van der Waals surface area contributed by atoms with Crippen molar-refractivity contribution >= 4 is 23.1 Å². The number of aromatic nitrogens is 2. The van der Waals surface area contributed by atoms with Crippen LogP contribution in [0, 0.1) is 5.82 Å². The Morgan fingerprint density at radius 3 is 3.05 bits per heavy atom. The highest BCUT2D eigenvalue weighted by Gasteiger charge is 2.13. The monoisotopic (exact) mass is 311 g/mol. The van der Waals surface area contributed by atoms with E-state index in [9.17, 15) is 14.0 Å². The molecule has 0 bridgehead atoms. The number of hydrogen-bond donors (Lipinski definition) is 1. The van der Waals surface area contributed by atoms with Crippen molar-refractivity contribution in [1.82, 2.24) is 9.55 Å². The van der Waals surface area contributed by atoms with Gasteiger partial charge in [-0.15, -0.1) is 11.3 Å². The number of amides is 1. The number of nitrogens with one attached hydrogen (secondary N) is 1. The quantitative estimate of drug-likeness (QED) is 0.825. The topological polar surface area (TPSA) is 73.2 Å². The minimum atomic E-state index is -0.768. The normalized spacial score (nSPS) is 10.6. The van der Waals surface area contributed by atoms with Crippen molar-refractivity contribution in [3.05, 3.63) is 44.9 Å². The number of rotatable bonds is 6. The molecular formula is C13H14FN3O3S. The summed E-state index contributed by atoms with van der Waals surface area (Å²) in [6, 6.07) is 3.30. The van der Waals surface area contributed by atoms with Crippen molar-refractivity contribution < 1.29 is 13.9 Å². The first kappa shape index (κ1) is 15.3. The van der Waals surface area contributed by atoms with Crippen molar-refractivity contribution in [2.75, 3.05) is 18.5 Å². The second kappa shape index (κ2) is 7.09. The fourth-order valence-electron chi connectivity index (χ4n) is 1.60. The molecule has 0 aromatic carbocycles. The van der Waals surface area contributed by atoms with Crippen molar-refractivity contribution in [2.24, 2.45) is 0 Å². The van der Waals surface area contributed by atoms with Crippen LogP contribution in [0.2, 0.25) is 0 Å². The van der Waals surface area contributed by atoms with Gasteiger partial charge in [-0.3, -0.25) is 9.36 Å². The van der Waals surface area contributed by atoms with Crippen LogP contribution in [-0.2, 0) is 11.3 Å². The maximum atomic E-state index is 13.9. The van der Waals surface area contributed by atoms with E-state index in [1.807, 2.05) is 6.92 Å². The minimum Gasteiger partial charge on any atom is -0.380 e. The summed E-state index contributed by atoms with van der Waals surface area (Å²) in [5, 5.41) is 4.02. The number of thiophene rings is 1. The summed E-state index contributed by atoms with van der Waals surface area (Å²) in [5.74, 6) is -1.63. The molecule has 2 rings (SSSR count). The van der Waals surface area contributed by atoms with Gasteiger partial charge in [0.25, 0.3) is 5.91 Å². The highest BCUT2D eigenvalue weighted by molar-refractivity contribution is 7.12. The third kappa shape index (κ3) is 3.96. The van der Waals surface area contributed by atoms with Crippen LogP contribution in [0.15, 0.2) is 28.5 Å². The first-order valence-corrected chi connectivity index (χ1v) is 7.19. The predicted molar refractivity (Wildman–Crippen MR) is 77.2 cm³/mol. The Kier molecular flexibility index (Phi) is 5.18. The number of ether oxygens (including phenoxy) is 1. The average Bonchev–Trinajstić information content (AvgIpc) is 2.98. The van der Waals surface area contributed by atoms with Crippen LogP contribution in [0.25, 0.3) is 0 Å². The molecule has 2 aromatic rings. The van der Waals surface area contributed by atoms with E-state index >= 15 is 0 Å². The van der Waals surface area contributed by atoms with Gasteiger partial charge in [0.1, 0.15) is 0 Å². The Morgan fingerprint density at radius 1 is 1.57 bits per heavy atom. The van der Waals surface area contributed by atoms with E-state index < -0.39 is 17.4 Å². The molecule has 112 valence electrons. The summed E-state index contributed by atoms with van der Waals surface area (Å²) in [6.45, 7) is 2.83. The van der Waals surface area contributed by atoms with Crippen LogP contribution in [0.4, 0.5) is 10.2 Å². The predicted octanol–water partition coefficient (Wildman–Crippen LogP) is 1.73. The molecule has 0 fully saturated rings. The second-order valence-corrected chi connectivity index (χ2v) is 4.99. The molecule has 0 atom stereocenters. The zero-order chi connectivity index (χ0) is 15.2. The average molecular weight is 311 g/mol. The summed E-state index contributed by atoms with van der Waals surface area (Å²) in [7, 11) is 0. The van der Waals surface area contributed by atoms with Crippen LogP contribution in [0.5, 0.6) is 0 Å². The van der Waals surface area contributed by atoms with Gasteiger partial charge < -0.3 is 10.1 Å². The van der Waals surface area contributed by atoms with Crippen LogP contribution >= 0.6 is 11.3 Å². The van der Waals surface area contributed by atoms with E-state index in [1.54, 1.807) is 17.5 Å². The van der Waals surface area contributed by atoms with Gasteiger partial charge in [-0.2, -0.15) is 4.98 Å². The van der Waals surface area contributed by atoms with Crippen molar-refractivity contribution in [3.8, 4) is 0 Å². The fraction of sp³-hybridized carbons (Fsp3) is 0.308. The molecule has 8 heteroatoms. The second-order valence-electron chi connectivity index (χ2n) is 4.04. The lowest BCUT2D eigenvalue weighted by Crippen LogP contribution is -2.27. The zero-order valence-corrected chi connectivity index (χ0v) is 12.2. The van der Waals surface area contributed by atoms with Gasteiger partial charge in [0.05, 0.1) is 18.0 Å². The van der Waals surface area contributed by atoms with Gasteiger partial charge in [0, 0.05) is 12.8 Å². The van der Waals surface area contributed by atoms with Gasteiger partial charge in [0.2, 0.25) is 0 Å². The van der Waals surface area contributed by atoms with Gasteiger partial charge in [-0.1, -0.05) is 6.07 Å². The Labute approximate surface area is 124 Å². The minimum absolute atomic E-state index is 0.204. The SMILES string of the molecule is CCOCCn1cc(F)c(NC(=O)c2cccs2)nc1=O. The summed E-state index contributed by atoms with van der Waals surface area (Å²) >= 11 is 1.21. The molecule has 0 aliphatic heterocycles. The molecule has 0 saturated heterocycles. The number of carbonyl (C=O) groups is 1. The molecule has 0 spiro atoms. The summed E-state index contributed by atoms with van der Waals surface area (Å²) < 4.78 is 20.1. The highest BCUT2D eigenvalue weighted by Crippen LogP contribution is 2.13. The first-order valence-electron chi connectivity index (χ1n) is 6.31. The molecule has 21 heavy (non-hydrogen) atoms. The Morgan fingerprint density at radius 2 is 2.38 bits per heavy atom. The lowest BCUT2D eigenvalue weighted by atomic mass is 10.4. The summed E-state index contributed by atoms with van der Waals surface area (Å²) in [6.07, 6.45) is 1.01. The number of halogens is 1. The molecule has 0 aliphatic rings. The molecule has 2 heterocycles. The lowest BCUT2D eigenvalue weighted by Gasteiger charge is -2.08. The Hall–Kier alpha value is -2.06. The zero-order valence-electron chi connectivity index (χ0n) is 11.3.